The van der Waals surface area contributed by atoms with E-state index in [-0.39, 0.29) is 18.4 Å². The Labute approximate surface area is 128 Å². The van der Waals surface area contributed by atoms with Gasteiger partial charge in [0.1, 0.15) is 0 Å². The van der Waals surface area contributed by atoms with Gasteiger partial charge in [-0.3, -0.25) is 14.5 Å². The summed E-state index contributed by atoms with van der Waals surface area (Å²) in [5, 5.41) is 0.448. The lowest BCUT2D eigenvalue weighted by molar-refractivity contribution is -0.119. The van der Waals surface area contributed by atoms with E-state index in [0.717, 1.165) is 13.0 Å². The summed E-state index contributed by atoms with van der Waals surface area (Å²) in [7, 11) is 0. The fraction of sp³-hybridized carbons (Fsp3) is 0.429. The van der Waals surface area contributed by atoms with Gasteiger partial charge >= 0.3 is 0 Å². The molecule has 21 heavy (non-hydrogen) atoms. The molecule has 0 unspecified atom stereocenters. The lowest BCUT2D eigenvalue weighted by Gasteiger charge is -2.21. The Hall–Kier alpha value is -1.79. The number of carbonyl (C=O) groups is 2. The molecule has 7 heteroatoms. The Morgan fingerprint density at radius 3 is 2.57 bits per heavy atom. The fourth-order valence-corrected chi connectivity index (χ4v) is 2.71. The number of hydrogen-bond acceptors (Lipinski definition) is 4. The maximum atomic E-state index is 12.5. The highest BCUT2D eigenvalue weighted by molar-refractivity contribution is 6.31. The van der Waals surface area contributed by atoms with Crippen molar-refractivity contribution in [1.29, 1.82) is 0 Å². The van der Waals surface area contributed by atoms with Gasteiger partial charge in [-0.2, -0.15) is 0 Å². The zero-order valence-corrected chi connectivity index (χ0v) is 12.5. The van der Waals surface area contributed by atoms with Crippen LogP contribution in [0.25, 0.3) is 0 Å². The number of hydrogen-bond donors (Lipinski definition) is 2. The minimum absolute atomic E-state index is 0.0925. The zero-order valence-electron chi connectivity index (χ0n) is 11.7. The number of anilines is 1. The summed E-state index contributed by atoms with van der Waals surface area (Å²) in [4.78, 5) is 27.2. The summed E-state index contributed by atoms with van der Waals surface area (Å²) in [5.74, 6) is -0.442. The van der Waals surface area contributed by atoms with E-state index in [1.807, 2.05) is 4.90 Å². The largest absolute Gasteiger partial charge is 0.399 e. The number of primary amides is 1. The van der Waals surface area contributed by atoms with Crippen LogP contribution in [0, 0.1) is 0 Å². The molecule has 0 aromatic heterocycles. The molecule has 1 aromatic carbocycles. The molecule has 1 aromatic rings. The molecule has 0 saturated carbocycles. The normalized spacial score (nSPS) is 16.5. The molecule has 1 heterocycles. The monoisotopic (exact) mass is 310 g/mol. The average molecular weight is 311 g/mol. The predicted molar refractivity (Wildman–Crippen MR) is 82.0 cm³/mol. The van der Waals surface area contributed by atoms with Crippen LogP contribution < -0.4 is 11.5 Å². The van der Waals surface area contributed by atoms with Gasteiger partial charge in [-0.25, -0.2) is 0 Å². The lowest BCUT2D eigenvalue weighted by atomic mass is 10.1. The van der Waals surface area contributed by atoms with Crippen LogP contribution in [0.3, 0.4) is 0 Å². The summed E-state index contributed by atoms with van der Waals surface area (Å²) in [6.07, 6.45) is 0.801. The first-order chi connectivity index (χ1) is 9.95. The van der Waals surface area contributed by atoms with Gasteiger partial charge in [0.2, 0.25) is 5.91 Å². The Balaban J connectivity index is 2.04. The number of halogens is 1. The van der Waals surface area contributed by atoms with E-state index in [0.29, 0.717) is 35.9 Å². The number of nitrogen functional groups attached to an aromatic ring is 1. The minimum Gasteiger partial charge on any atom is -0.399 e. The van der Waals surface area contributed by atoms with Crippen LogP contribution in [-0.4, -0.2) is 54.3 Å². The smallest absolute Gasteiger partial charge is 0.254 e. The van der Waals surface area contributed by atoms with Crippen molar-refractivity contribution in [3.8, 4) is 0 Å². The van der Waals surface area contributed by atoms with Gasteiger partial charge in [-0.15, -0.1) is 0 Å². The van der Waals surface area contributed by atoms with Crippen molar-refractivity contribution in [1.82, 2.24) is 9.80 Å². The third kappa shape index (κ3) is 4.34. The highest BCUT2D eigenvalue weighted by Crippen LogP contribution is 2.18. The number of amides is 2. The molecule has 114 valence electrons. The molecular weight excluding hydrogens is 292 g/mol. The van der Waals surface area contributed by atoms with Gasteiger partial charge in [0.15, 0.2) is 0 Å². The predicted octanol–water partition coefficient (Wildman–Crippen LogP) is 0.555. The molecule has 4 N–H and O–H groups in total. The third-order valence-corrected chi connectivity index (χ3v) is 3.64. The lowest BCUT2D eigenvalue weighted by Crippen LogP contribution is -2.38. The average Bonchev–Trinajstić information content (AvgIpc) is 2.61. The van der Waals surface area contributed by atoms with E-state index in [1.54, 1.807) is 23.1 Å². The van der Waals surface area contributed by atoms with E-state index in [2.05, 4.69) is 0 Å². The van der Waals surface area contributed by atoms with Gasteiger partial charge in [0.25, 0.3) is 5.91 Å². The molecule has 0 atom stereocenters. The first-order valence-corrected chi connectivity index (χ1v) is 7.19. The standard InChI is InChI=1S/C14H19ClN4O2/c15-11-6-10(7-12(16)8-11)14(21)19-3-1-2-18(4-5-19)9-13(17)20/h6-8H,1-5,9,16H2,(H2,17,20). The second-order valence-electron chi connectivity index (χ2n) is 5.16. The van der Waals surface area contributed by atoms with Crippen LogP contribution in [0.1, 0.15) is 16.8 Å². The van der Waals surface area contributed by atoms with Gasteiger partial charge in [0, 0.05) is 42.5 Å². The van der Waals surface area contributed by atoms with E-state index in [9.17, 15) is 9.59 Å². The maximum absolute atomic E-state index is 12.5. The molecule has 1 saturated heterocycles. The number of carbonyl (C=O) groups excluding carboxylic acids is 2. The van der Waals surface area contributed by atoms with Crippen LogP contribution in [-0.2, 0) is 4.79 Å². The molecule has 1 fully saturated rings. The summed E-state index contributed by atoms with van der Waals surface area (Å²) < 4.78 is 0. The Kier molecular flexibility index (Phi) is 5.03. The van der Waals surface area contributed by atoms with E-state index < -0.39 is 0 Å². The number of nitrogens with two attached hydrogens (primary N) is 2. The van der Waals surface area contributed by atoms with Crippen molar-refractivity contribution < 1.29 is 9.59 Å². The molecule has 0 bridgehead atoms. The second kappa shape index (κ2) is 6.78. The highest BCUT2D eigenvalue weighted by Gasteiger charge is 2.21. The van der Waals surface area contributed by atoms with Crippen LogP contribution >= 0.6 is 11.6 Å². The summed E-state index contributed by atoms with van der Waals surface area (Å²) in [5.41, 5.74) is 11.9. The van der Waals surface area contributed by atoms with Crippen LogP contribution in [0.5, 0.6) is 0 Å². The SMILES string of the molecule is NC(=O)CN1CCCN(C(=O)c2cc(N)cc(Cl)c2)CC1. The zero-order chi connectivity index (χ0) is 15.4. The van der Waals surface area contributed by atoms with Crippen molar-refractivity contribution in [2.75, 3.05) is 38.5 Å². The molecular formula is C14H19ClN4O2. The Bertz CT molecular complexity index is 530. The molecule has 1 aliphatic heterocycles. The summed E-state index contributed by atoms with van der Waals surface area (Å²) >= 11 is 5.94. The Morgan fingerprint density at radius 2 is 1.90 bits per heavy atom. The van der Waals surface area contributed by atoms with Crippen molar-refractivity contribution in [3.05, 3.63) is 28.8 Å². The van der Waals surface area contributed by atoms with Crippen LogP contribution in [0.15, 0.2) is 18.2 Å². The van der Waals surface area contributed by atoms with E-state index in [1.165, 1.54) is 0 Å². The molecule has 1 aliphatic rings. The van der Waals surface area contributed by atoms with E-state index >= 15 is 0 Å². The highest BCUT2D eigenvalue weighted by atomic mass is 35.5. The van der Waals surface area contributed by atoms with Gasteiger partial charge in [0.05, 0.1) is 6.54 Å². The van der Waals surface area contributed by atoms with Crippen molar-refractivity contribution in [2.45, 2.75) is 6.42 Å². The number of benzene rings is 1. The van der Waals surface area contributed by atoms with Crippen molar-refractivity contribution in [2.24, 2.45) is 5.73 Å². The first kappa shape index (κ1) is 15.6. The van der Waals surface area contributed by atoms with Crippen LogP contribution in [0.2, 0.25) is 5.02 Å². The molecule has 2 rings (SSSR count). The van der Waals surface area contributed by atoms with Crippen LogP contribution in [0.4, 0.5) is 5.69 Å². The summed E-state index contributed by atoms with van der Waals surface area (Å²) in [6, 6.07) is 4.85. The first-order valence-electron chi connectivity index (χ1n) is 6.81. The van der Waals surface area contributed by atoms with Crippen molar-refractivity contribution >= 4 is 29.1 Å². The van der Waals surface area contributed by atoms with Crippen molar-refractivity contribution in [3.63, 3.8) is 0 Å². The topological polar surface area (TPSA) is 92.7 Å². The summed E-state index contributed by atoms with van der Waals surface area (Å²) in [6.45, 7) is 2.81. The maximum Gasteiger partial charge on any atom is 0.254 e. The number of rotatable bonds is 3. The van der Waals surface area contributed by atoms with Gasteiger partial charge < -0.3 is 16.4 Å². The number of nitrogens with zero attached hydrogens (tertiary/aromatic N) is 2. The van der Waals surface area contributed by atoms with E-state index in [4.69, 9.17) is 23.1 Å². The Morgan fingerprint density at radius 1 is 1.14 bits per heavy atom. The molecule has 2 amide bonds. The second-order valence-corrected chi connectivity index (χ2v) is 5.60. The molecule has 0 spiro atoms. The quantitative estimate of drug-likeness (QED) is 0.798. The minimum atomic E-state index is -0.350. The van der Waals surface area contributed by atoms with Gasteiger partial charge in [-0.1, -0.05) is 11.6 Å². The molecule has 0 aliphatic carbocycles. The van der Waals surface area contributed by atoms with Gasteiger partial charge in [-0.05, 0) is 24.6 Å². The molecule has 6 nitrogen and oxygen atoms in total. The molecule has 0 radical (unpaired) electrons. The fourth-order valence-electron chi connectivity index (χ4n) is 2.47. The third-order valence-electron chi connectivity index (χ3n) is 3.42.